The Kier molecular flexibility index (Phi) is 7.37. The second-order valence-corrected chi connectivity index (χ2v) is 6.02. The van der Waals surface area contributed by atoms with E-state index in [0.717, 1.165) is 0 Å². The van der Waals surface area contributed by atoms with Crippen LogP contribution in [0.1, 0.15) is 34.1 Å². The number of hydrogen-bond donors (Lipinski definition) is 0. The van der Waals surface area contributed by atoms with Gasteiger partial charge in [0.2, 0.25) is 0 Å². The number of ketones is 1. The van der Waals surface area contributed by atoms with Crippen LogP contribution in [-0.4, -0.2) is 36.9 Å². The van der Waals surface area contributed by atoms with Crippen molar-refractivity contribution >= 4 is 17.7 Å². The molecule has 0 fully saturated rings. The van der Waals surface area contributed by atoms with Gasteiger partial charge in [0.05, 0.1) is 18.1 Å². The molecule has 28 heavy (non-hydrogen) atoms. The lowest BCUT2D eigenvalue weighted by molar-refractivity contribution is -0.173. The number of alkyl halides is 2. The maximum absolute atomic E-state index is 14.2. The molecule has 0 N–H and O–H groups in total. The van der Waals surface area contributed by atoms with Crippen LogP contribution in [0.2, 0.25) is 0 Å². The molecular formula is C21H20F2O5. The molecule has 1 unspecified atom stereocenters. The van der Waals surface area contributed by atoms with Crippen LogP contribution in [0.3, 0.4) is 0 Å². The normalized spacial score (nSPS) is 12.1. The average Bonchev–Trinajstić information content (AvgIpc) is 2.71. The Labute approximate surface area is 161 Å². The van der Waals surface area contributed by atoms with Crippen LogP contribution in [0.25, 0.3) is 0 Å². The molecule has 0 spiro atoms. The molecule has 0 aliphatic heterocycles. The maximum Gasteiger partial charge on any atom is 0.376 e. The van der Waals surface area contributed by atoms with Gasteiger partial charge in [-0.15, -0.1) is 0 Å². The van der Waals surface area contributed by atoms with Crippen molar-refractivity contribution < 1.29 is 32.6 Å². The predicted octanol–water partition coefficient (Wildman–Crippen LogP) is 3.93. The molecule has 2 aromatic rings. The first-order valence-corrected chi connectivity index (χ1v) is 8.71. The van der Waals surface area contributed by atoms with Crippen molar-refractivity contribution in [3.8, 4) is 0 Å². The van der Waals surface area contributed by atoms with Crippen LogP contribution in [0.4, 0.5) is 8.78 Å². The second kappa shape index (κ2) is 9.73. The lowest BCUT2D eigenvalue weighted by Gasteiger charge is -2.21. The van der Waals surface area contributed by atoms with E-state index in [1.54, 1.807) is 36.4 Å². The van der Waals surface area contributed by atoms with Crippen LogP contribution < -0.4 is 0 Å². The SMILES string of the molecule is CCOC(=O)C(F)(F)CC(COC(=O)c1ccccc1)C(=O)c1ccccc1. The third-order valence-corrected chi connectivity index (χ3v) is 3.93. The highest BCUT2D eigenvalue weighted by Crippen LogP contribution is 2.28. The Bertz CT molecular complexity index is 806. The number of benzene rings is 2. The molecule has 2 aromatic carbocycles. The Morgan fingerprint density at radius 1 is 0.893 bits per heavy atom. The van der Waals surface area contributed by atoms with Gasteiger partial charge in [-0.2, -0.15) is 8.78 Å². The fourth-order valence-corrected chi connectivity index (χ4v) is 2.53. The number of Topliss-reactive ketones (excluding diaryl/α,β-unsaturated/α-hetero) is 1. The summed E-state index contributed by atoms with van der Waals surface area (Å²) < 4.78 is 37.9. The molecular weight excluding hydrogens is 370 g/mol. The average molecular weight is 390 g/mol. The predicted molar refractivity (Wildman–Crippen MR) is 97.2 cm³/mol. The highest BCUT2D eigenvalue weighted by Gasteiger charge is 2.44. The molecule has 0 aliphatic carbocycles. The third kappa shape index (κ3) is 5.70. The van der Waals surface area contributed by atoms with E-state index >= 15 is 0 Å². The van der Waals surface area contributed by atoms with Gasteiger partial charge in [0, 0.05) is 12.0 Å². The van der Waals surface area contributed by atoms with Crippen LogP contribution >= 0.6 is 0 Å². The molecule has 7 heteroatoms. The molecule has 1 atom stereocenters. The number of carbonyl (C=O) groups excluding carboxylic acids is 3. The fourth-order valence-electron chi connectivity index (χ4n) is 2.53. The quantitative estimate of drug-likeness (QED) is 0.479. The lowest BCUT2D eigenvalue weighted by atomic mass is 9.92. The summed E-state index contributed by atoms with van der Waals surface area (Å²) in [6.45, 7) is 0.605. The zero-order valence-corrected chi connectivity index (χ0v) is 15.3. The summed E-state index contributed by atoms with van der Waals surface area (Å²) in [7, 11) is 0. The zero-order chi connectivity index (χ0) is 20.6. The molecule has 148 valence electrons. The smallest absolute Gasteiger partial charge is 0.376 e. The van der Waals surface area contributed by atoms with Gasteiger partial charge >= 0.3 is 17.9 Å². The number of esters is 2. The summed E-state index contributed by atoms with van der Waals surface area (Å²) in [5.74, 6) is -8.40. The minimum absolute atomic E-state index is 0.183. The molecule has 0 amide bonds. The molecule has 2 rings (SSSR count). The van der Waals surface area contributed by atoms with Crippen LogP contribution in [0, 0.1) is 5.92 Å². The highest BCUT2D eigenvalue weighted by molar-refractivity contribution is 5.98. The lowest BCUT2D eigenvalue weighted by Crippen LogP contribution is -2.37. The molecule has 0 saturated carbocycles. The molecule has 0 aromatic heterocycles. The highest BCUT2D eigenvalue weighted by atomic mass is 19.3. The van der Waals surface area contributed by atoms with Crippen LogP contribution in [0.15, 0.2) is 60.7 Å². The topological polar surface area (TPSA) is 69.7 Å². The summed E-state index contributed by atoms with van der Waals surface area (Å²) >= 11 is 0. The first-order chi connectivity index (χ1) is 13.3. The van der Waals surface area contributed by atoms with Gasteiger partial charge in [-0.1, -0.05) is 48.5 Å². The van der Waals surface area contributed by atoms with Crippen LogP contribution in [-0.2, 0) is 14.3 Å². The first kappa shape index (κ1) is 21.2. The van der Waals surface area contributed by atoms with E-state index in [-0.39, 0.29) is 17.7 Å². The number of hydrogen-bond acceptors (Lipinski definition) is 5. The monoisotopic (exact) mass is 390 g/mol. The van der Waals surface area contributed by atoms with E-state index < -0.39 is 42.6 Å². The van der Waals surface area contributed by atoms with Crippen molar-refractivity contribution in [1.82, 2.24) is 0 Å². The minimum Gasteiger partial charge on any atom is -0.462 e. The standard InChI is InChI=1S/C21H20F2O5/c1-2-27-20(26)21(22,23)13-17(18(24)15-9-5-3-6-10-15)14-28-19(25)16-11-7-4-8-12-16/h3-12,17H,2,13-14H2,1H3. The van der Waals surface area contributed by atoms with E-state index in [1.807, 2.05) is 0 Å². The zero-order valence-electron chi connectivity index (χ0n) is 15.3. The molecule has 0 radical (unpaired) electrons. The molecule has 0 heterocycles. The number of halogens is 2. The third-order valence-electron chi connectivity index (χ3n) is 3.93. The van der Waals surface area contributed by atoms with Gasteiger partial charge in [-0.3, -0.25) is 4.79 Å². The van der Waals surface area contributed by atoms with Gasteiger partial charge in [0.25, 0.3) is 0 Å². The van der Waals surface area contributed by atoms with Gasteiger partial charge in [-0.05, 0) is 19.1 Å². The van der Waals surface area contributed by atoms with E-state index in [4.69, 9.17) is 4.74 Å². The Morgan fingerprint density at radius 3 is 1.96 bits per heavy atom. The Hall–Kier alpha value is -3.09. The summed E-state index contributed by atoms with van der Waals surface area (Å²) in [6, 6.07) is 15.7. The van der Waals surface area contributed by atoms with E-state index in [0.29, 0.717) is 0 Å². The van der Waals surface area contributed by atoms with E-state index in [2.05, 4.69) is 4.74 Å². The summed E-state index contributed by atoms with van der Waals surface area (Å²) in [5, 5.41) is 0. The van der Waals surface area contributed by atoms with E-state index in [1.165, 1.54) is 31.2 Å². The van der Waals surface area contributed by atoms with Crippen molar-refractivity contribution in [2.45, 2.75) is 19.3 Å². The largest absolute Gasteiger partial charge is 0.462 e. The van der Waals surface area contributed by atoms with Crippen molar-refractivity contribution in [3.05, 3.63) is 71.8 Å². The minimum atomic E-state index is -3.88. The maximum atomic E-state index is 14.2. The number of carbonyl (C=O) groups is 3. The molecule has 0 aliphatic rings. The fraction of sp³-hybridized carbons (Fsp3) is 0.286. The number of rotatable bonds is 9. The molecule has 0 saturated heterocycles. The van der Waals surface area contributed by atoms with Gasteiger partial charge < -0.3 is 9.47 Å². The second-order valence-electron chi connectivity index (χ2n) is 6.02. The molecule has 5 nitrogen and oxygen atoms in total. The molecule has 0 bridgehead atoms. The first-order valence-electron chi connectivity index (χ1n) is 8.71. The summed E-state index contributed by atoms with van der Waals surface area (Å²) in [6.07, 6.45) is -1.12. The van der Waals surface area contributed by atoms with Crippen LogP contribution in [0.5, 0.6) is 0 Å². The van der Waals surface area contributed by atoms with Crippen molar-refractivity contribution in [1.29, 1.82) is 0 Å². The van der Waals surface area contributed by atoms with Gasteiger partial charge in [0.15, 0.2) is 5.78 Å². The summed E-state index contributed by atoms with van der Waals surface area (Å²) in [4.78, 5) is 36.3. The van der Waals surface area contributed by atoms with E-state index in [9.17, 15) is 23.2 Å². The van der Waals surface area contributed by atoms with Crippen molar-refractivity contribution in [3.63, 3.8) is 0 Å². The van der Waals surface area contributed by atoms with Gasteiger partial charge in [0.1, 0.15) is 6.61 Å². The van der Waals surface area contributed by atoms with Gasteiger partial charge in [-0.25, -0.2) is 9.59 Å². The Balaban J connectivity index is 2.17. The Morgan fingerprint density at radius 2 is 1.43 bits per heavy atom. The van der Waals surface area contributed by atoms with Crippen molar-refractivity contribution in [2.75, 3.05) is 13.2 Å². The summed E-state index contributed by atoms with van der Waals surface area (Å²) in [5.41, 5.74) is 0.411. The number of ether oxygens (including phenoxy) is 2. The van der Waals surface area contributed by atoms with Crippen molar-refractivity contribution in [2.24, 2.45) is 5.92 Å².